The number of halogens is 1. The molecule has 3 aromatic rings. The molecule has 0 aliphatic carbocycles. The van der Waals surface area contributed by atoms with Crippen molar-refractivity contribution in [2.45, 2.75) is 13.0 Å². The highest BCUT2D eigenvalue weighted by atomic mass is 35.5. The lowest BCUT2D eigenvalue weighted by Gasteiger charge is -2.13. The Labute approximate surface area is 166 Å². The Balaban J connectivity index is 1.64. The van der Waals surface area contributed by atoms with Gasteiger partial charge in [-0.1, -0.05) is 11.6 Å². The van der Waals surface area contributed by atoms with Crippen LogP contribution in [-0.4, -0.2) is 33.7 Å². The Morgan fingerprint density at radius 3 is 2.39 bits per heavy atom. The number of nitrogens with zero attached hydrogens (tertiary/aromatic N) is 3. The summed E-state index contributed by atoms with van der Waals surface area (Å²) in [5, 5.41) is 10.0. The zero-order chi connectivity index (χ0) is 20.1. The molecule has 9 heteroatoms. The van der Waals surface area contributed by atoms with E-state index < -0.39 is 6.04 Å². The molecule has 0 saturated heterocycles. The summed E-state index contributed by atoms with van der Waals surface area (Å²) in [5.41, 5.74) is 1.54. The third-order valence-corrected chi connectivity index (χ3v) is 4.27. The maximum atomic E-state index is 12.5. The standard InChI is InChI=1S/C19H18ClN5O3/c1-12(25-11-21-10-22-25)18(26)23-14-4-6-15(7-5-14)24-19(27)16-8-3-13(20)9-17(16)28-2/h3-12H,1-2H3,(H,23,26)(H,24,27). The molecule has 8 nitrogen and oxygen atoms in total. The van der Waals surface area contributed by atoms with Crippen LogP contribution in [0.4, 0.5) is 11.4 Å². The number of aromatic nitrogens is 3. The van der Waals surface area contributed by atoms with E-state index >= 15 is 0 Å². The van der Waals surface area contributed by atoms with Gasteiger partial charge in [0.2, 0.25) is 5.91 Å². The SMILES string of the molecule is COc1cc(Cl)ccc1C(=O)Nc1ccc(NC(=O)C(C)n2cncn2)cc1. The minimum absolute atomic E-state index is 0.229. The van der Waals surface area contributed by atoms with Crippen molar-refractivity contribution in [2.75, 3.05) is 17.7 Å². The van der Waals surface area contributed by atoms with Gasteiger partial charge in [-0.3, -0.25) is 9.59 Å². The first-order valence-electron chi connectivity index (χ1n) is 8.38. The zero-order valence-electron chi connectivity index (χ0n) is 15.2. The monoisotopic (exact) mass is 399 g/mol. The molecular weight excluding hydrogens is 382 g/mol. The zero-order valence-corrected chi connectivity index (χ0v) is 16.0. The second-order valence-electron chi connectivity index (χ2n) is 5.92. The number of ether oxygens (including phenoxy) is 1. The van der Waals surface area contributed by atoms with Gasteiger partial charge in [0.25, 0.3) is 5.91 Å². The molecular formula is C19H18ClN5O3. The number of carbonyl (C=O) groups excluding carboxylic acids is 2. The lowest BCUT2D eigenvalue weighted by Crippen LogP contribution is -2.24. The van der Waals surface area contributed by atoms with E-state index in [0.717, 1.165) is 0 Å². The Morgan fingerprint density at radius 1 is 1.11 bits per heavy atom. The molecule has 28 heavy (non-hydrogen) atoms. The molecule has 0 fully saturated rings. The first-order valence-corrected chi connectivity index (χ1v) is 8.75. The molecule has 0 saturated carbocycles. The molecule has 0 spiro atoms. The molecule has 2 N–H and O–H groups in total. The van der Waals surface area contributed by atoms with Crippen molar-refractivity contribution in [1.29, 1.82) is 0 Å². The van der Waals surface area contributed by atoms with Gasteiger partial charge >= 0.3 is 0 Å². The fourth-order valence-corrected chi connectivity index (χ4v) is 2.63. The molecule has 3 rings (SSSR count). The largest absolute Gasteiger partial charge is 0.496 e. The van der Waals surface area contributed by atoms with Crippen LogP contribution in [-0.2, 0) is 4.79 Å². The fourth-order valence-electron chi connectivity index (χ4n) is 2.47. The lowest BCUT2D eigenvalue weighted by molar-refractivity contribution is -0.119. The highest BCUT2D eigenvalue weighted by molar-refractivity contribution is 6.31. The van der Waals surface area contributed by atoms with Crippen LogP contribution in [0.1, 0.15) is 23.3 Å². The van der Waals surface area contributed by atoms with Gasteiger partial charge in [0.1, 0.15) is 24.4 Å². The third-order valence-electron chi connectivity index (χ3n) is 4.03. The predicted molar refractivity (Wildman–Crippen MR) is 106 cm³/mol. The average molecular weight is 400 g/mol. The Bertz CT molecular complexity index is 974. The summed E-state index contributed by atoms with van der Waals surface area (Å²) in [5.74, 6) is -0.172. The predicted octanol–water partition coefficient (Wildman–Crippen LogP) is 3.39. The molecule has 1 heterocycles. The molecule has 0 aliphatic rings. The van der Waals surface area contributed by atoms with E-state index in [1.165, 1.54) is 24.4 Å². The van der Waals surface area contributed by atoms with Gasteiger partial charge in [0.05, 0.1) is 12.7 Å². The maximum absolute atomic E-state index is 12.5. The highest BCUT2D eigenvalue weighted by Crippen LogP contribution is 2.24. The van der Waals surface area contributed by atoms with Gasteiger partial charge in [-0.25, -0.2) is 9.67 Å². The fraction of sp³-hybridized carbons (Fsp3) is 0.158. The van der Waals surface area contributed by atoms with E-state index in [1.54, 1.807) is 49.4 Å². The number of hydrogen-bond acceptors (Lipinski definition) is 5. The van der Waals surface area contributed by atoms with Crippen LogP contribution in [0.3, 0.4) is 0 Å². The molecule has 1 aromatic heterocycles. The first kappa shape index (κ1) is 19.4. The number of methoxy groups -OCH3 is 1. The minimum Gasteiger partial charge on any atom is -0.496 e. The van der Waals surface area contributed by atoms with Crippen LogP contribution in [0, 0.1) is 0 Å². The van der Waals surface area contributed by atoms with E-state index in [4.69, 9.17) is 16.3 Å². The average Bonchev–Trinajstić information content (AvgIpc) is 3.23. The summed E-state index contributed by atoms with van der Waals surface area (Å²) in [7, 11) is 1.47. The molecule has 1 atom stereocenters. The van der Waals surface area contributed by atoms with Gasteiger partial charge in [0.15, 0.2) is 0 Å². The normalized spacial score (nSPS) is 11.5. The third kappa shape index (κ3) is 4.47. The maximum Gasteiger partial charge on any atom is 0.259 e. The Morgan fingerprint density at radius 2 is 1.79 bits per heavy atom. The van der Waals surface area contributed by atoms with E-state index in [1.807, 2.05) is 0 Å². The van der Waals surface area contributed by atoms with Crippen LogP contribution in [0.5, 0.6) is 5.75 Å². The first-order chi connectivity index (χ1) is 13.5. The summed E-state index contributed by atoms with van der Waals surface area (Å²) in [6, 6.07) is 11.1. The van der Waals surface area contributed by atoms with Crippen LogP contribution < -0.4 is 15.4 Å². The summed E-state index contributed by atoms with van der Waals surface area (Å²) in [6.07, 6.45) is 2.85. The number of benzene rings is 2. The molecule has 2 amide bonds. The summed E-state index contributed by atoms with van der Waals surface area (Å²) >= 11 is 5.92. The second-order valence-corrected chi connectivity index (χ2v) is 6.35. The van der Waals surface area contributed by atoms with Crippen molar-refractivity contribution in [3.8, 4) is 5.75 Å². The molecule has 1 unspecified atom stereocenters. The van der Waals surface area contributed by atoms with Gasteiger partial charge in [-0.15, -0.1) is 0 Å². The number of amides is 2. The van der Waals surface area contributed by atoms with Crippen molar-refractivity contribution in [3.63, 3.8) is 0 Å². The smallest absolute Gasteiger partial charge is 0.259 e. The molecule has 0 aliphatic heterocycles. The van der Waals surface area contributed by atoms with Crippen LogP contribution in [0.2, 0.25) is 5.02 Å². The number of anilines is 2. The topological polar surface area (TPSA) is 98.1 Å². The van der Waals surface area contributed by atoms with Gasteiger partial charge in [0, 0.05) is 16.4 Å². The summed E-state index contributed by atoms with van der Waals surface area (Å²) in [4.78, 5) is 28.6. The summed E-state index contributed by atoms with van der Waals surface area (Å²) < 4.78 is 6.66. The summed E-state index contributed by atoms with van der Waals surface area (Å²) in [6.45, 7) is 1.72. The van der Waals surface area contributed by atoms with E-state index in [9.17, 15) is 9.59 Å². The van der Waals surface area contributed by atoms with Crippen molar-refractivity contribution in [2.24, 2.45) is 0 Å². The van der Waals surface area contributed by atoms with Crippen LogP contribution in [0.15, 0.2) is 55.1 Å². The van der Waals surface area contributed by atoms with Crippen molar-refractivity contribution in [1.82, 2.24) is 14.8 Å². The van der Waals surface area contributed by atoms with Gasteiger partial charge < -0.3 is 15.4 Å². The molecule has 144 valence electrons. The van der Waals surface area contributed by atoms with Crippen LogP contribution >= 0.6 is 11.6 Å². The molecule has 0 radical (unpaired) electrons. The molecule has 0 bridgehead atoms. The van der Waals surface area contributed by atoms with Crippen molar-refractivity contribution >= 4 is 34.8 Å². The van der Waals surface area contributed by atoms with E-state index in [-0.39, 0.29) is 11.8 Å². The van der Waals surface area contributed by atoms with Crippen LogP contribution in [0.25, 0.3) is 0 Å². The molecule has 2 aromatic carbocycles. The highest BCUT2D eigenvalue weighted by Gasteiger charge is 2.16. The Kier molecular flexibility index (Phi) is 5.90. The number of carbonyl (C=O) groups is 2. The lowest BCUT2D eigenvalue weighted by atomic mass is 10.1. The second kappa shape index (κ2) is 8.53. The number of hydrogen-bond donors (Lipinski definition) is 2. The quantitative estimate of drug-likeness (QED) is 0.662. The minimum atomic E-state index is -0.501. The Hall–Kier alpha value is -3.39. The van der Waals surface area contributed by atoms with Gasteiger partial charge in [-0.05, 0) is 49.4 Å². The number of rotatable bonds is 6. The number of nitrogens with one attached hydrogen (secondary N) is 2. The van der Waals surface area contributed by atoms with E-state index in [2.05, 4.69) is 20.7 Å². The van der Waals surface area contributed by atoms with Gasteiger partial charge in [-0.2, -0.15) is 5.10 Å². The van der Waals surface area contributed by atoms with E-state index in [0.29, 0.717) is 27.7 Å². The van der Waals surface area contributed by atoms with Crippen molar-refractivity contribution in [3.05, 3.63) is 65.7 Å². The van der Waals surface area contributed by atoms with Crippen molar-refractivity contribution < 1.29 is 14.3 Å².